The minimum absolute atomic E-state index is 0.553. The Hall–Kier alpha value is -2.41. The molecule has 7 heteroatoms. The normalized spacial score (nSPS) is 24.2. The number of fused-ring (bicyclic) bond motifs is 3. The number of aromatic nitrogens is 3. The van der Waals surface area contributed by atoms with E-state index < -0.39 is 0 Å². The van der Waals surface area contributed by atoms with Crippen molar-refractivity contribution < 1.29 is 0 Å². The summed E-state index contributed by atoms with van der Waals surface area (Å²) < 4.78 is 1.86. The van der Waals surface area contributed by atoms with Gasteiger partial charge in [-0.1, -0.05) is 0 Å². The Morgan fingerprint density at radius 1 is 1.39 bits per heavy atom. The molecular formula is C16H21N7. The Bertz CT molecular complexity index is 751. The van der Waals surface area contributed by atoms with Gasteiger partial charge in [0.2, 0.25) is 0 Å². The number of allylic oxidation sites excluding steroid dienone is 1. The summed E-state index contributed by atoms with van der Waals surface area (Å²) in [6, 6.07) is 3.11. The molecule has 2 aromatic heterocycles. The second-order valence-electron chi connectivity index (χ2n) is 6.19. The maximum Gasteiger partial charge on any atom is 0.155 e. The molecule has 2 saturated heterocycles. The van der Waals surface area contributed by atoms with Gasteiger partial charge in [-0.25, -0.2) is 9.50 Å². The summed E-state index contributed by atoms with van der Waals surface area (Å²) in [7, 11) is 1.82. The molecule has 2 aromatic rings. The summed E-state index contributed by atoms with van der Waals surface area (Å²) in [5, 5.41) is 18.6. The molecule has 4 rings (SSSR count). The standard InChI is InChI=1S/C16H21N7/c1-18-7-11(6-17)14-10-23-15(4-5-19-23)16(21-14)22-8-12-2-3-13(9-22)20-12/h4-7,10,12-13,17-18,20H,2-3,8-9H2,1H3/b11-7+,17-6?. The summed E-state index contributed by atoms with van der Waals surface area (Å²) in [5.74, 6) is 0.960. The van der Waals surface area contributed by atoms with E-state index in [0.29, 0.717) is 12.1 Å². The molecule has 0 spiro atoms. The maximum absolute atomic E-state index is 7.63. The molecule has 0 aliphatic carbocycles. The van der Waals surface area contributed by atoms with Gasteiger partial charge in [0.15, 0.2) is 5.82 Å². The molecule has 2 aliphatic heterocycles. The van der Waals surface area contributed by atoms with Gasteiger partial charge >= 0.3 is 0 Å². The molecular weight excluding hydrogens is 290 g/mol. The van der Waals surface area contributed by atoms with Crippen molar-refractivity contribution in [2.24, 2.45) is 0 Å². The van der Waals surface area contributed by atoms with E-state index in [-0.39, 0.29) is 0 Å². The summed E-state index contributed by atoms with van der Waals surface area (Å²) >= 11 is 0. The largest absolute Gasteiger partial charge is 0.393 e. The predicted octanol–water partition coefficient (Wildman–Crippen LogP) is 0.880. The third-order valence-corrected chi connectivity index (χ3v) is 4.64. The van der Waals surface area contributed by atoms with Crippen LogP contribution < -0.4 is 15.5 Å². The minimum Gasteiger partial charge on any atom is -0.393 e. The van der Waals surface area contributed by atoms with Gasteiger partial charge in [-0.2, -0.15) is 5.10 Å². The van der Waals surface area contributed by atoms with Crippen LogP contribution in [0.25, 0.3) is 11.1 Å². The molecule has 2 unspecified atom stereocenters. The van der Waals surface area contributed by atoms with Gasteiger partial charge in [-0.05, 0) is 18.9 Å². The Morgan fingerprint density at radius 3 is 2.87 bits per heavy atom. The Morgan fingerprint density at radius 2 is 2.17 bits per heavy atom. The van der Waals surface area contributed by atoms with Crippen LogP contribution in [0, 0.1) is 5.41 Å². The smallest absolute Gasteiger partial charge is 0.155 e. The van der Waals surface area contributed by atoms with E-state index in [1.807, 2.05) is 23.8 Å². The number of piperazine rings is 1. The maximum atomic E-state index is 7.63. The number of rotatable bonds is 4. The molecule has 2 fully saturated rings. The molecule has 3 N–H and O–H groups in total. The van der Waals surface area contributed by atoms with Gasteiger partial charge < -0.3 is 20.9 Å². The van der Waals surface area contributed by atoms with Crippen LogP contribution in [-0.4, -0.2) is 53.0 Å². The fourth-order valence-electron chi connectivity index (χ4n) is 3.60. The van der Waals surface area contributed by atoms with Crippen LogP contribution in [0.2, 0.25) is 0 Å². The van der Waals surface area contributed by atoms with Crippen LogP contribution in [-0.2, 0) is 0 Å². The highest BCUT2D eigenvalue weighted by Gasteiger charge is 2.33. The van der Waals surface area contributed by atoms with Crippen LogP contribution in [0.5, 0.6) is 0 Å². The molecule has 4 heterocycles. The van der Waals surface area contributed by atoms with Crippen molar-refractivity contribution in [2.75, 3.05) is 25.0 Å². The molecule has 2 atom stereocenters. The Balaban J connectivity index is 1.80. The van der Waals surface area contributed by atoms with Crippen molar-refractivity contribution in [3.05, 3.63) is 30.4 Å². The topological polar surface area (TPSA) is 81.3 Å². The first-order chi connectivity index (χ1) is 11.3. The molecule has 0 amide bonds. The quantitative estimate of drug-likeness (QED) is 0.730. The first kappa shape index (κ1) is 14.2. The summed E-state index contributed by atoms with van der Waals surface area (Å²) in [4.78, 5) is 7.22. The zero-order valence-electron chi connectivity index (χ0n) is 13.2. The van der Waals surface area contributed by atoms with Gasteiger partial charge in [0.1, 0.15) is 5.52 Å². The molecule has 0 aromatic carbocycles. The summed E-state index contributed by atoms with van der Waals surface area (Å²) in [5.41, 5.74) is 2.51. The summed E-state index contributed by atoms with van der Waals surface area (Å²) in [6.45, 7) is 1.95. The van der Waals surface area contributed by atoms with Crippen LogP contribution in [0.1, 0.15) is 18.5 Å². The second-order valence-corrected chi connectivity index (χ2v) is 6.19. The van der Waals surface area contributed by atoms with Gasteiger partial charge in [0, 0.05) is 50.2 Å². The lowest BCUT2D eigenvalue weighted by atomic mass is 10.2. The van der Waals surface area contributed by atoms with E-state index >= 15 is 0 Å². The van der Waals surface area contributed by atoms with Crippen LogP contribution in [0.3, 0.4) is 0 Å². The van der Waals surface area contributed by atoms with Crippen molar-refractivity contribution >= 4 is 23.1 Å². The first-order valence-electron chi connectivity index (χ1n) is 8.02. The van der Waals surface area contributed by atoms with Crippen molar-refractivity contribution in [3.8, 4) is 0 Å². The minimum atomic E-state index is 0.553. The van der Waals surface area contributed by atoms with E-state index in [1.165, 1.54) is 19.1 Å². The Kier molecular flexibility index (Phi) is 3.49. The zero-order valence-corrected chi connectivity index (χ0v) is 13.2. The van der Waals surface area contributed by atoms with Crippen molar-refractivity contribution in [1.29, 1.82) is 5.41 Å². The number of anilines is 1. The number of hydrogen-bond donors (Lipinski definition) is 3. The molecule has 7 nitrogen and oxygen atoms in total. The van der Waals surface area contributed by atoms with Gasteiger partial charge in [0.05, 0.1) is 18.1 Å². The van der Waals surface area contributed by atoms with E-state index in [0.717, 1.165) is 35.7 Å². The number of nitrogens with one attached hydrogen (secondary N) is 3. The van der Waals surface area contributed by atoms with Crippen LogP contribution in [0.15, 0.2) is 24.7 Å². The third kappa shape index (κ3) is 2.46. The van der Waals surface area contributed by atoms with Crippen molar-refractivity contribution in [1.82, 2.24) is 25.2 Å². The predicted molar refractivity (Wildman–Crippen MR) is 91.0 cm³/mol. The molecule has 0 saturated carbocycles. The summed E-state index contributed by atoms with van der Waals surface area (Å²) in [6.07, 6.45) is 9.26. The second kappa shape index (κ2) is 5.66. The van der Waals surface area contributed by atoms with E-state index in [9.17, 15) is 0 Å². The van der Waals surface area contributed by atoms with E-state index in [4.69, 9.17) is 10.4 Å². The lowest BCUT2D eigenvalue weighted by Crippen LogP contribution is -2.51. The van der Waals surface area contributed by atoms with Crippen molar-refractivity contribution in [3.63, 3.8) is 0 Å². The third-order valence-electron chi connectivity index (χ3n) is 4.64. The van der Waals surface area contributed by atoms with Crippen LogP contribution in [0.4, 0.5) is 5.82 Å². The van der Waals surface area contributed by atoms with Crippen LogP contribution >= 0.6 is 0 Å². The lowest BCUT2D eigenvalue weighted by Gasteiger charge is -2.34. The number of hydrogen-bond acceptors (Lipinski definition) is 6. The highest BCUT2D eigenvalue weighted by atomic mass is 15.3. The SMILES string of the molecule is CN/C=C(\C=N)c1cn2nccc2c(N2CC3CCC(C2)N3)n1. The van der Waals surface area contributed by atoms with E-state index in [1.54, 1.807) is 12.4 Å². The Labute approximate surface area is 134 Å². The van der Waals surface area contributed by atoms with Crippen molar-refractivity contribution in [2.45, 2.75) is 24.9 Å². The van der Waals surface area contributed by atoms with E-state index in [2.05, 4.69) is 20.6 Å². The van der Waals surface area contributed by atoms with Gasteiger partial charge in [-0.15, -0.1) is 0 Å². The average Bonchev–Trinajstić information content (AvgIpc) is 3.17. The van der Waals surface area contributed by atoms with Gasteiger partial charge in [-0.3, -0.25) is 0 Å². The highest BCUT2D eigenvalue weighted by Crippen LogP contribution is 2.28. The lowest BCUT2D eigenvalue weighted by molar-refractivity contribution is 0.464. The monoisotopic (exact) mass is 311 g/mol. The molecule has 0 radical (unpaired) electrons. The molecule has 23 heavy (non-hydrogen) atoms. The molecule has 2 aliphatic rings. The highest BCUT2D eigenvalue weighted by molar-refractivity contribution is 6.07. The fourth-order valence-corrected chi connectivity index (χ4v) is 3.60. The first-order valence-corrected chi connectivity index (χ1v) is 8.02. The molecule has 2 bridgehead atoms. The molecule has 120 valence electrons. The fraction of sp³-hybridized carbons (Fsp3) is 0.438. The number of nitrogens with zero attached hydrogens (tertiary/aromatic N) is 4. The average molecular weight is 311 g/mol. The zero-order chi connectivity index (χ0) is 15.8. The van der Waals surface area contributed by atoms with Gasteiger partial charge in [0.25, 0.3) is 0 Å².